The zero-order chi connectivity index (χ0) is 23.3. The molecule has 0 bridgehead atoms. The topological polar surface area (TPSA) is 56.8 Å². The van der Waals surface area contributed by atoms with Crippen molar-refractivity contribution in [3.8, 4) is 11.5 Å². The van der Waals surface area contributed by atoms with Crippen LogP contribution >= 0.6 is 11.6 Å². The summed E-state index contributed by atoms with van der Waals surface area (Å²) in [5.41, 5.74) is 1.19. The van der Waals surface area contributed by atoms with E-state index < -0.39 is 30.9 Å². The predicted molar refractivity (Wildman–Crippen MR) is 114 cm³/mol. The fraction of sp³-hybridized carbons (Fsp3) is 0.435. The van der Waals surface area contributed by atoms with Crippen molar-refractivity contribution in [2.75, 3.05) is 13.2 Å². The quantitative estimate of drug-likeness (QED) is 0.541. The van der Waals surface area contributed by atoms with Crippen molar-refractivity contribution < 1.29 is 32.2 Å². The minimum Gasteiger partial charge on any atom is -0.489 e. The first-order valence-electron chi connectivity index (χ1n) is 10.3. The number of para-hydroxylation sites is 1. The number of hydrogen-bond donors (Lipinski definition) is 1. The van der Waals surface area contributed by atoms with E-state index in [2.05, 4.69) is 23.9 Å². The van der Waals surface area contributed by atoms with E-state index in [1.807, 2.05) is 24.3 Å². The highest BCUT2D eigenvalue weighted by Gasteiger charge is 2.42. The van der Waals surface area contributed by atoms with Crippen molar-refractivity contribution in [3.63, 3.8) is 0 Å². The van der Waals surface area contributed by atoms with Crippen LogP contribution in [0.25, 0.3) is 0 Å². The first-order valence-corrected chi connectivity index (χ1v) is 10.7. The SMILES string of the molecule is CC(C)c1ccc(O[C@@H]2CN[C@H](C(COC(=O)C(F)(F)F)Oc3ccccc3Cl)C2)cc1. The number of esters is 1. The number of benzene rings is 2. The molecule has 3 atom stereocenters. The minimum absolute atomic E-state index is 0.222. The molecule has 1 unspecified atom stereocenters. The number of ether oxygens (including phenoxy) is 3. The molecule has 0 saturated carbocycles. The Morgan fingerprint density at radius 1 is 1.16 bits per heavy atom. The molecule has 0 aliphatic carbocycles. The van der Waals surface area contributed by atoms with Crippen LogP contribution in [0.3, 0.4) is 0 Å². The lowest BCUT2D eigenvalue weighted by molar-refractivity contribution is -0.201. The molecular weight excluding hydrogens is 447 g/mol. The zero-order valence-electron chi connectivity index (χ0n) is 17.7. The van der Waals surface area contributed by atoms with Crippen molar-refractivity contribution in [2.24, 2.45) is 0 Å². The Morgan fingerprint density at radius 2 is 1.84 bits per heavy atom. The fourth-order valence-electron chi connectivity index (χ4n) is 3.40. The monoisotopic (exact) mass is 471 g/mol. The summed E-state index contributed by atoms with van der Waals surface area (Å²) in [6.07, 6.45) is -5.74. The van der Waals surface area contributed by atoms with Gasteiger partial charge in [-0.05, 0) is 35.7 Å². The second-order valence-corrected chi connectivity index (χ2v) is 8.30. The van der Waals surface area contributed by atoms with Gasteiger partial charge in [-0.2, -0.15) is 13.2 Å². The molecule has 9 heteroatoms. The fourth-order valence-corrected chi connectivity index (χ4v) is 3.59. The van der Waals surface area contributed by atoms with Gasteiger partial charge >= 0.3 is 12.1 Å². The van der Waals surface area contributed by atoms with Crippen LogP contribution in [0.2, 0.25) is 5.02 Å². The van der Waals surface area contributed by atoms with Gasteiger partial charge in [0.15, 0.2) is 0 Å². The van der Waals surface area contributed by atoms with Crippen LogP contribution in [0.1, 0.15) is 31.7 Å². The number of halogens is 4. The average molecular weight is 472 g/mol. The van der Waals surface area contributed by atoms with Crippen LogP contribution in [0.4, 0.5) is 13.2 Å². The molecule has 5 nitrogen and oxygen atoms in total. The normalized spacial score (nSPS) is 19.6. The van der Waals surface area contributed by atoms with E-state index in [1.165, 1.54) is 5.56 Å². The van der Waals surface area contributed by atoms with Gasteiger partial charge in [0, 0.05) is 13.0 Å². The van der Waals surface area contributed by atoms with E-state index in [0.29, 0.717) is 29.7 Å². The summed E-state index contributed by atoms with van der Waals surface area (Å²) >= 11 is 6.12. The molecular formula is C23H25ClF3NO4. The van der Waals surface area contributed by atoms with E-state index in [0.717, 1.165) is 0 Å². The van der Waals surface area contributed by atoms with Gasteiger partial charge in [-0.3, -0.25) is 0 Å². The molecule has 0 radical (unpaired) electrons. The van der Waals surface area contributed by atoms with Gasteiger partial charge in [0.1, 0.15) is 30.3 Å². The maximum Gasteiger partial charge on any atom is 0.490 e. The van der Waals surface area contributed by atoms with Crippen LogP contribution < -0.4 is 14.8 Å². The lowest BCUT2D eigenvalue weighted by atomic mass is 10.0. The van der Waals surface area contributed by atoms with E-state index in [-0.39, 0.29) is 11.9 Å². The molecule has 2 aromatic carbocycles. The molecule has 1 aliphatic rings. The van der Waals surface area contributed by atoms with E-state index in [1.54, 1.807) is 24.3 Å². The molecule has 1 heterocycles. The Hall–Kier alpha value is -2.45. The van der Waals surface area contributed by atoms with E-state index >= 15 is 0 Å². The molecule has 0 amide bonds. The second-order valence-electron chi connectivity index (χ2n) is 7.90. The summed E-state index contributed by atoms with van der Waals surface area (Å²) in [4.78, 5) is 11.2. The molecule has 174 valence electrons. The Bertz CT molecular complexity index is 905. The Kier molecular flexibility index (Phi) is 7.90. The standard InChI is InChI=1S/C23H25ClF3NO4/c1-14(2)15-7-9-16(10-8-15)31-17-11-19(28-12-17)21(13-30-22(29)23(25,26)27)32-20-6-4-3-5-18(20)24/h3-10,14,17,19,21,28H,11-13H2,1-2H3/t17-,19-,21?/m0/s1. The molecule has 2 aromatic rings. The maximum absolute atomic E-state index is 12.6. The molecule has 0 spiro atoms. The summed E-state index contributed by atoms with van der Waals surface area (Å²) in [5.74, 6) is -0.864. The molecule has 1 aliphatic heterocycles. The number of alkyl halides is 3. The number of hydrogen-bond acceptors (Lipinski definition) is 5. The van der Waals surface area contributed by atoms with Gasteiger partial charge in [0.05, 0.1) is 11.1 Å². The second kappa shape index (κ2) is 10.4. The molecule has 1 N–H and O–H groups in total. The summed E-state index contributed by atoms with van der Waals surface area (Å²) in [5, 5.41) is 3.49. The van der Waals surface area contributed by atoms with Crippen LogP contribution in [-0.2, 0) is 9.53 Å². The van der Waals surface area contributed by atoms with Crippen LogP contribution in [-0.4, -0.2) is 43.5 Å². The number of rotatable bonds is 8. The average Bonchev–Trinajstić information content (AvgIpc) is 3.20. The molecule has 0 aromatic heterocycles. The lowest BCUT2D eigenvalue weighted by Gasteiger charge is -2.25. The molecule has 1 fully saturated rings. The third-order valence-corrected chi connectivity index (χ3v) is 5.46. The van der Waals surface area contributed by atoms with Crippen molar-refractivity contribution in [3.05, 3.63) is 59.1 Å². The highest BCUT2D eigenvalue weighted by atomic mass is 35.5. The van der Waals surface area contributed by atoms with E-state index in [9.17, 15) is 18.0 Å². The third kappa shape index (κ3) is 6.53. The number of carbonyl (C=O) groups excluding carboxylic acids is 1. The Morgan fingerprint density at radius 3 is 2.47 bits per heavy atom. The maximum atomic E-state index is 12.6. The minimum atomic E-state index is -5.08. The summed E-state index contributed by atoms with van der Waals surface area (Å²) < 4.78 is 54.1. The van der Waals surface area contributed by atoms with Gasteiger partial charge in [-0.15, -0.1) is 0 Å². The first kappa shape index (κ1) is 24.2. The van der Waals surface area contributed by atoms with Crippen molar-refractivity contribution in [1.29, 1.82) is 0 Å². The van der Waals surface area contributed by atoms with Gasteiger partial charge in [0.25, 0.3) is 0 Å². The third-order valence-electron chi connectivity index (χ3n) is 5.15. The van der Waals surface area contributed by atoms with Gasteiger partial charge in [-0.1, -0.05) is 49.7 Å². The summed E-state index contributed by atoms with van der Waals surface area (Å²) in [7, 11) is 0. The van der Waals surface area contributed by atoms with Gasteiger partial charge in [0.2, 0.25) is 0 Å². The van der Waals surface area contributed by atoms with Crippen molar-refractivity contribution in [1.82, 2.24) is 5.32 Å². The van der Waals surface area contributed by atoms with E-state index in [4.69, 9.17) is 21.1 Å². The number of carbonyl (C=O) groups is 1. The van der Waals surface area contributed by atoms with Crippen molar-refractivity contribution >= 4 is 17.6 Å². The highest BCUT2D eigenvalue weighted by molar-refractivity contribution is 6.32. The summed E-state index contributed by atoms with van der Waals surface area (Å²) in [6.45, 7) is 4.08. The van der Waals surface area contributed by atoms with Crippen LogP contribution in [0.15, 0.2) is 48.5 Å². The Balaban J connectivity index is 1.66. The van der Waals surface area contributed by atoms with Gasteiger partial charge < -0.3 is 19.5 Å². The van der Waals surface area contributed by atoms with Crippen LogP contribution in [0.5, 0.6) is 11.5 Å². The highest BCUT2D eigenvalue weighted by Crippen LogP contribution is 2.28. The Labute approximate surface area is 189 Å². The first-order chi connectivity index (χ1) is 15.1. The van der Waals surface area contributed by atoms with Crippen LogP contribution in [0, 0.1) is 0 Å². The largest absolute Gasteiger partial charge is 0.490 e. The zero-order valence-corrected chi connectivity index (χ0v) is 18.5. The number of nitrogens with one attached hydrogen (secondary N) is 1. The lowest BCUT2D eigenvalue weighted by Crippen LogP contribution is -2.43. The molecule has 1 saturated heterocycles. The summed E-state index contributed by atoms with van der Waals surface area (Å²) in [6, 6.07) is 14.0. The van der Waals surface area contributed by atoms with Crippen molar-refractivity contribution in [2.45, 2.75) is 50.6 Å². The smallest absolute Gasteiger partial charge is 0.489 e. The molecule has 32 heavy (non-hydrogen) atoms. The molecule has 3 rings (SSSR count). The predicted octanol–water partition coefficient (Wildman–Crippen LogP) is 5.13. The van der Waals surface area contributed by atoms with Gasteiger partial charge in [-0.25, -0.2) is 4.79 Å².